The largest absolute Gasteiger partial charge is 0.444 e. The van der Waals surface area contributed by atoms with Crippen molar-refractivity contribution < 1.29 is 14.3 Å². The molecule has 2 fully saturated rings. The van der Waals surface area contributed by atoms with Gasteiger partial charge in [0, 0.05) is 32.3 Å². The van der Waals surface area contributed by atoms with Crippen molar-refractivity contribution in [2.45, 2.75) is 57.6 Å². The second kappa shape index (κ2) is 5.35. The van der Waals surface area contributed by atoms with Crippen LogP contribution >= 0.6 is 0 Å². The molecule has 5 nitrogen and oxygen atoms in total. The maximum absolute atomic E-state index is 12.5. The number of carbonyl (C=O) groups excluding carboxylic acids is 2. The van der Waals surface area contributed by atoms with Crippen LogP contribution in [0.4, 0.5) is 4.79 Å². The molecule has 1 spiro atoms. The molecule has 0 atom stereocenters. The van der Waals surface area contributed by atoms with Gasteiger partial charge in [-0.25, -0.2) is 4.79 Å². The Bertz CT molecular complexity index is 470. The summed E-state index contributed by atoms with van der Waals surface area (Å²) in [6, 6.07) is 0. The lowest BCUT2D eigenvalue weighted by molar-refractivity contribution is -0.124. The molecule has 0 bridgehead atoms. The van der Waals surface area contributed by atoms with E-state index in [2.05, 4.69) is 0 Å². The highest BCUT2D eigenvalue weighted by molar-refractivity contribution is 5.98. The molecule has 21 heavy (non-hydrogen) atoms. The highest BCUT2D eigenvalue weighted by Crippen LogP contribution is 2.44. The van der Waals surface area contributed by atoms with E-state index in [4.69, 9.17) is 4.74 Å². The molecule has 118 valence electrons. The SMILES string of the molecule is CN(C)/C=C1\CN(C(=O)OC(C)(C)C)C2(CCC2)CC1=O. The Morgan fingerprint density at radius 1 is 1.33 bits per heavy atom. The van der Waals surface area contributed by atoms with E-state index in [0.29, 0.717) is 18.5 Å². The number of rotatable bonds is 1. The van der Waals surface area contributed by atoms with E-state index in [0.717, 1.165) is 19.3 Å². The molecule has 1 amide bonds. The van der Waals surface area contributed by atoms with E-state index in [1.165, 1.54) is 0 Å². The van der Waals surface area contributed by atoms with Gasteiger partial charge < -0.3 is 9.64 Å². The zero-order chi connectivity index (χ0) is 15.8. The Labute approximate surface area is 126 Å². The summed E-state index contributed by atoms with van der Waals surface area (Å²) in [5.41, 5.74) is -0.138. The number of hydrogen-bond donors (Lipinski definition) is 0. The minimum absolute atomic E-state index is 0.156. The average Bonchev–Trinajstić information content (AvgIpc) is 2.26. The Morgan fingerprint density at radius 2 is 1.95 bits per heavy atom. The summed E-state index contributed by atoms with van der Waals surface area (Å²) < 4.78 is 5.53. The normalized spacial score (nSPS) is 23.2. The molecular formula is C16H26N2O3. The first-order chi connectivity index (χ1) is 9.63. The van der Waals surface area contributed by atoms with Crippen LogP contribution in [-0.2, 0) is 9.53 Å². The van der Waals surface area contributed by atoms with Crippen LogP contribution in [0.2, 0.25) is 0 Å². The molecule has 2 rings (SSSR count). The molecule has 0 radical (unpaired) electrons. The van der Waals surface area contributed by atoms with Crippen molar-refractivity contribution in [2.24, 2.45) is 0 Å². The monoisotopic (exact) mass is 294 g/mol. The van der Waals surface area contributed by atoms with Gasteiger partial charge in [-0.1, -0.05) is 0 Å². The van der Waals surface area contributed by atoms with Crippen LogP contribution in [0.3, 0.4) is 0 Å². The van der Waals surface area contributed by atoms with Crippen LogP contribution in [0.25, 0.3) is 0 Å². The van der Waals surface area contributed by atoms with Gasteiger partial charge in [0.25, 0.3) is 0 Å². The van der Waals surface area contributed by atoms with Crippen LogP contribution < -0.4 is 0 Å². The number of amides is 1. The molecule has 0 aromatic rings. The number of piperidine rings is 1. The standard InChI is InChI=1S/C16H26N2O3/c1-15(2,3)21-14(20)18-11-12(10-17(4)5)13(19)9-16(18)7-6-8-16/h10H,6-9,11H2,1-5H3/b12-10+. The first-order valence-electron chi connectivity index (χ1n) is 7.54. The van der Waals surface area contributed by atoms with Crippen LogP contribution in [0.1, 0.15) is 46.5 Å². The summed E-state index contributed by atoms with van der Waals surface area (Å²) in [7, 11) is 3.76. The zero-order valence-corrected chi connectivity index (χ0v) is 13.7. The molecule has 1 aliphatic carbocycles. The van der Waals surface area contributed by atoms with Crippen molar-refractivity contribution in [3.05, 3.63) is 11.8 Å². The zero-order valence-electron chi connectivity index (χ0n) is 13.7. The maximum atomic E-state index is 12.5. The smallest absolute Gasteiger partial charge is 0.411 e. The van der Waals surface area contributed by atoms with E-state index >= 15 is 0 Å². The third-order valence-corrected chi connectivity index (χ3v) is 4.06. The van der Waals surface area contributed by atoms with E-state index in [1.54, 1.807) is 4.90 Å². The predicted octanol–water partition coefficient (Wildman–Crippen LogP) is 2.56. The number of ketones is 1. The minimum atomic E-state index is -0.519. The average molecular weight is 294 g/mol. The summed E-state index contributed by atoms with van der Waals surface area (Å²) in [4.78, 5) is 28.5. The molecule has 1 saturated heterocycles. The molecule has 1 saturated carbocycles. The number of Topliss-reactive ketones (excluding diaryl/α,β-unsaturated/α-hetero) is 1. The lowest BCUT2D eigenvalue weighted by atomic mass is 9.69. The Hall–Kier alpha value is -1.52. The van der Waals surface area contributed by atoms with E-state index < -0.39 is 5.60 Å². The van der Waals surface area contributed by atoms with E-state index in [1.807, 2.05) is 46.0 Å². The molecular weight excluding hydrogens is 268 g/mol. The third kappa shape index (κ3) is 3.39. The number of carbonyl (C=O) groups is 2. The second-order valence-electron chi connectivity index (χ2n) is 7.36. The van der Waals surface area contributed by atoms with Crippen LogP contribution in [-0.4, -0.2) is 53.5 Å². The number of ether oxygens (including phenoxy) is 1. The number of hydrogen-bond acceptors (Lipinski definition) is 4. The van der Waals surface area contributed by atoms with Crippen LogP contribution in [0.5, 0.6) is 0 Å². The van der Waals surface area contributed by atoms with Crippen molar-refractivity contribution in [3.8, 4) is 0 Å². The van der Waals surface area contributed by atoms with Gasteiger partial charge in [0.1, 0.15) is 5.60 Å². The van der Waals surface area contributed by atoms with Gasteiger partial charge in [0.05, 0.1) is 12.1 Å². The van der Waals surface area contributed by atoms with Crippen molar-refractivity contribution in [2.75, 3.05) is 20.6 Å². The topological polar surface area (TPSA) is 49.9 Å². The summed E-state index contributed by atoms with van der Waals surface area (Å²) in [5, 5.41) is 0. The fraction of sp³-hybridized carbons (Fsp3) is 0.750. The Morgan fingerprint density at radius 3 is 2.38 bits per heavy atom. The number of likely N-dealkylation sites (tertiary alicyclic amines) is 1. The van der Waals surface area contributed by atoms with E-state index in [-0.39, 0.29) is 17.4 Å². The van der Waals surface area contributed by atoms with Crippen molar-refractivity contribution >= 4 is 11.9 Å². The van der Waals surface area contributed by atoms with Gasteiger partial charge in [-0.2, -0.15) is 0 Å². The quantitative estimate of drug-likeness (QED) is 0.697. The van der Waals surface area contributed by atoms with Gasteiger partial charge in [-0.3, -0.25) is 9.69 Å². The van der Waals surface area contributed by atoms with Gasteiger partial charge in [-0.05, 0) is 40.0 Å². The van der Waals surface area contributed by atoms with Gasteiger partial charge in [-0.15, -0.1) is 0 Å². The molecule has 5 heteroatoms. The molecule has 1 aliphatic heterocycles. The molecule has 0 unspecified atom stereocenters. The summed E-state index contributed by atoms with van der Waals surface area (Å²) in [5.74, 6) is 0.156. The Balaban J connectivity index is 2.23. The summed E-state index contributed by atoms with van der Waals surface area (Å²) >= 11 is 0. The predicted molar refractivity (Wildman–Crippen MR) is 80.9 cm³/mol. The first-order valence-corrected chi connectivity index (χ1v) is 7.54. The third-order valence-electron chi connectivity index (χ3n) is 4.06. The fourth-order valence-corrected chi connectivity index (χ4v) is 2.97. The summed E-state index contributed by atoms with van der Waals surface area (Å²) in [6.45, 7) is 5.95. The Kier molecular flexibility index (Phi) is 4.04. The molecule has 0 aromatic heterocycles. The lowest BCUT2D eigenvalue weighted by Crippen LogP contribution is -2.61. The lowest BCUT2D eigenvalue weighted by Gasteiger charge is -2.52. The molecule has 1 heterocycles. The second-order valence-corrected chi connectivity index (χ2v) is 7.36. The maximum Gasteiger partial charge on any atom is 0.411 e. The fourth-order valence-electron chi connectivity index (χ4n) is 2.97. The van der Waals surface area contributed by atoms with Crippen molar-refractivity contribution in [3.63, 3.8) is 0 Å². The molecule has 2 aliphatic rings. The van der Waals surface area contributed by atoms with Gasteiger partial charge in [0.15, 0.2) is 5.78 Å². The van der Waals surface area contributed by atoms with E-state index in [9.17, 15) is 9.59 Å². The first kappa shape index (κ1) is 15.9. The van der Waals surface area contributed by atoms with Crippen molar-refractivity contribution in [1.82, 2.24) is 9.80 Å². The highest BCUT2D eigenvalue weighted by Gasteiger charge is 2.51. The van der Waals surface area contributed by atoms with Crippen LogP contribution in [0.15, 0.2) is 11.8 Å². The van der Waals surface area contributed by atoms with Crippen LogP contribution in [0, 0.1) is 0 Å². The minimum Gasteiger partial charge on any atom is -0.444 e. The summed E-state index contributed by atoms with van der Waals surface area (Å²) in [6.07, 6.45) is 4.79. The number of nitrogens with zero attached hydrogens (tertiary/aromatic N) is 2. The van der Waals surface area contributed by atoms with Gasteiger partial charge in [0.2, 0.25) is 0 Å². The van der Waals surface area contributed by atoms with Crippen molar-refractivity contribution in [1.29, 1.82) is 0 Å². The van der Waals surface area contributed by atoms with Gasteiger partial charge >= 0.3 is 6.09 Å². The highest BCUT2D eigenvalue weighted by atomic mass is 16.6. The molecule has 0 aromatic carbocycles. The molecule has 0 N–H and O–H groups in total.